The van der Waals surface area contributed by atoms with Gasteiger partial charge in [-0.05, 0) is 44.0 Å². The van der Waals surface area contributed by atoms with Crippen molar-refractivity contribution >= 4 is 21.0 Å². The van der Waals surface area contributed by atoms with Crippen LogP contribution in [0.15, 0.2) is 44.4 Å². The van der Waals surface area contributed by atoms with Gasteiger partial charge in [0.1, 0.15) is 5.58 Å². The maximum absolute atomic E-state index is 12.7. The van der Waals surface area contributed by atoms with E-state index in [0.29, 0.717) is 17.5 Å². The Labute approximate surface area is 123 Å². The van der Waals surface area contributed by atoms with Gasteiger partial charge in [0.25, 0.3) is 0 Å². The fourth-order valence-electron chi connectivity index (χ4n) is 2.77. The van der Waals surface area contributed by atoms with E-state index in [0.717, 1.165) is 19.3 Å². The second-order valence-electron chi connectivity index (χ2n) is 5.41. The highest BCUT2D eigenvalue weighted by Gasteiger charge is 2.31. The zero-order chi connectivity index (χ0) is 15.0. The van der Waals surface area contributed by atoms with E-state index in [2.05, 4.69) is 0 Å². The first-order valence-electron chi connectivity index (χ1n) is 7.04. The van der Waals surface area contributed by atoms with Crippen LogP contribution in [0.5, 0.6) is 0 Å². The van der Waals surface area contributed by atoms with Crippen LogP contribution in [0.3, 0.4) is 0 Å². The van der Waals surface area contributed by atoms with Crippen molar-refractivity contribution in [2.45, 2.75) is 37.1 Å². The molecule has 0 radical (unpaired) electrons. The van der Waals surface area contributed by atoms with Gasteiger partial charge in [-0.1, -0.05) is 6.42 Å². The molecule has 1 atom stereocenters. The maximum Gasteiger partial charge on any atom is 0.336 e. The van der Waals surface area contributed by atoms with Gasteiger partial charge in [-0.3, -0.25) is 0 Å². The summed E-state index contributed by atoms with van der Waals surface area (Å²) < 4.78 is 32.1. The minimum absolute atomic E-state index is 0.0214. The molecule has 112 valence electrons. The summed E-state index contributed by atoms with van der Waals surface area (Å²) in [4.78, 5) is 11.4. The van der Waals surface area contributed by atoms with Crippen LogP contribution in [-0.2, 0) is 10.0 Å². The topological polar surface area (TPSA) is 67.6 Å². The molecule has 21 heavy (non-hydrogen) atoms. The quantitative estimate of drug-likeness (QED) is 0.799. The van der Waals surface area contributed by atoms with Crippen molar-refractivity contribution < 1.29 is 12.8 Å². The van der Waals surface area contributed by atoms with Crippen LogP contribution in [0, 0.1) is 0 Å². The standard InChI is InChI=1S/C15H17NO4S/c1-11-4-2-3-9-16(11)21(18,19)13-6-7-14-12(10-13)5-8-15(17)20-14/h5-8,10-11H,2-4,9H2,1H3. The summed E-state index contributed by atoms with van der Waals surface area (Å²) in [5.74, 6) is 0. The normalized spacial score (nSPS) is 20.7. The fraction of sp³-hybridized carbons (Fsp3) is 0.400. The maximum atomic E-state index is 12.7. The Kier molecular flexibility index (Phi) is 3.59. The zero-order valence-electron chi connectivity index (χ0n) is 11.8. The first-order valence-corrected chi connectivity index (χ1v) is 8.48. The number of fused-ring (bicyclic) bond motifs is 1. The molecule has 0 aliphatic carbocycles. The van der Waals surface area contributed by atoms with Crippen LogP contribution >= 0.6 is 0 Å². The Balaban J connectivity index is 2.06. The van der Waals surface area contributed by atoms with Gasteiger partial charge >= 0.3 is 5.63 Å². The molecule has 2 heterocycles. The van der Waals surface area contributed by atoms with Gasteiger partial charge in [0.05, 0.1) is 4.90 Å². The van der Waals surface area contributed by atoms with Gasteiger partial charge in [0.2, 0.25) is 10.0 Å². The molecule has 0 spiro atoms. The van der Waals surface area contributed by atoms with Gasteiger partial charge < -0.3 is 4.42 Å². The van der Waals surface area contributed by atoms with Crippen molar-refractivity contribution in [2.75, 3.05) is 6.54 Å². The lowest BCUT2D eigenvalue weighted by atomic mass is 10.1. The van der Waals surface area contributed by atoms with E-state index in [1.54, 1.807) is 16.4 Å². The summed E-state index contributed by atoms with van der Waals surface area (Å²) in [5.41, 5.74) is -0.0455. The molecule has 1 unspecified atom stereocenters. The lowest BCUT2D eigenvalue weighted by Gasteiger charge is -2.32. The summed E-state index contributed by atoms with van der Waals surface area (Å²) in [6, 6.07) is 7.50. The van der Waals surface area contributed by atoms with Crippen LogP contribution in [0.4, 0.5) is 0 Å². The number of rotatable bonds is 2. The van der Waals surface area contributed by atoms with Crippen molar-refractivity contribution in [3.05, 3.63) is 40.8 Å². The second-order valence-corrected chi connectivity index (χ2v) is 7.31. The minimum Gasteiger partial charge on any atom is -0.423 e. The highest BCUT2D eigenvalue weighted by atomic mass is 32.2. The molecule has 2 aromatic rings. The van der Waals surface area contributed by atoms with Crippen LogP contribution in [-0.4, -0.2) is 25.3 Å². The third-order valence-corrected chi connectivity index (χ3v) is 5.95. The van der Waals surface area contributed by atoms with E-state index in [1.165, 1.54) is 18.2 Å². The second kappa shape index (κ2) is 5.27. The molecule has 1 saturated heterocycles. The lowest BCUT2D eigenvalue weighted by Crippen LogP contribution is -2.41. The Morgan fingerprint density at radius 3 is 2.76 bits per heavy atom. The zero-order valence-corrected chi connectivity index (χ0v) is 12.6. The predicted octanol–water partition coefficient (Wildman–Crippen LogP) is 2.36. The summed E-state index contributed by atoms with van der Waals surface area (Å²) in [7, 11) is -3.50. The van der Waals surface area contributed by atoms with Crippen LogP contribution in [0.2, 0.25) is 0 Å². The number of piperidine rings is 1. The highest BCUT2D eigenvalue weighted by Crippen LogP contribution is 2.26. The molecular formula is C15H17NO4S. The molecule has 1 aliphatic rings. The average molecular weight is 307 g/mol. The molecule has 1 aromatic carbocycles. The Bertz CT molecular complexity index is 825. The SMILES string of the molecule is CC1CCCCN1S(=O)(=O)c1ccc2oc(=O)ccc2c1. The van der Waals surface area contributed by atoms with Gasteiger partial charge in [0.15, 0.2) is 0 Å². The van der Waals surface area contributed by atoms with Gasteiger partial charge in [-0.25, -0.2) is 13.2 Å². The van der Waals surface area contributed by atoms with E-state index in [1.807, 2.05) is 6.92 Å². The summed E-state index contributed by atoms with van der Waals surface area (Å²) in [6.07, 6.45) is 2.85. The number of hydrogen-bond donors (Lipinski definition) is 0. The van der Waals surface area contributed by atoms with E-state index in [4.69, 9.17) is 4.42 Å². The van der Waals surface area contributed by atoms with Gasteiger partial charge in [-0.15, -0.1) is 0 Å². The van der Waals surface area contributed by atoms with Crippen molar-refractivity contribution in [2.24, 2.45) is 0 Å². The monoisotopic (exact) mass is 307 g/mol. The molecule has 0 saturated carbocycles. The van der Waals surface area contributed by atoms with E-state index in [-0.39, 0.29) is 10.9 Å². The van der Waals surface area contributed by atoms with Crippen molar-refractivity contribution in [1.82, 2.24) is 4.31 Å². The third-order valence-electron chi connectivity index (χ3n) is 3.94. The fourth-order valence-corrected chi connectivity index (χ4v) is 4.51. The Morgan fingerprint density at radius 2 is 2.00 bits per heavy atom. The summed E-state index contributed by atoms with van der Waals surface area (Å²) >= 11 is 0. The molecule has 3 rings (SSSR count). The van der Waals surface area contributed by atoms with Crippen LogP contribution < -0.4 is 5.63 Å². The highest BCUT2D eigenvalue weighted by molar-refractivity contribution is 7.89. The van der Waals surface area contributed by atoms with Gasteiger partial charge in [-0.2, -0.15) is 4.31 Å². The smallest absolute Gasteiger partial charge is 0.336 e. The van der Waals surface area contributed by atoms with E-state index >= 15 is 0 Å². The number of sulfonamides is 1. The molecule has 1 aromatic heterocycles. The Hall–Kier alpha value is -1.66. The lowest BCUT2D eigenvalue weighted by molar-refractivity contribution is 0.268. The molecule has 6 heteroatoms. The summed E-state index contributed by atoms with van der Waals surface area (Å²) in [5, 5.41) is 0.611. The third kappa shape index (κ3) is 2.61. The van der Waals surface area contributed by atoms with Crippen molar-refractivity contribution in [1.29, 1.82) is 0 Å². The minimum atomic E-state index is -3.50. The summed E-state index contributed by atoms with van der Waals surface area (Å²) in [6.45, 7) is 2.50. The van der Waals surface area contributed by atoms with E-state index in [9.17, 15) is 13.2 Å². The predicted molar refractivity (Wildman–Crippen MR) is 79.7 cm³/mol. The molecule has 1 aliphatic heterocycles. The van der Waals surface area contributed by atoms with E-state index < -0.39 is 15.6 Å². The number of benzene rings is 1. The van der Waals surface area contributed by atoms with Crippen LogP contribution in [0.1, 0.15) is 26.2 Å². The largest absolute Gasteiger partial charge is 0.423 e. The molecule has 0 amide bonds. The first kappa shape index (κ1) is 14.3. The molecule has 0 bridgehead atoms. The number of hydrogen-bond acceptors (Lipinski definition) is 4. The number of nitrogens with zero attached hydrogens (tertiary/aromatic N) is 1. The molecular weight excluding hydrogens is 290 g/mol. The average Bonchev–Trinajstić information content (AvgIpc) is 2.47. The van der Waals surface area contributed by atoms with Crippen molar-refractivity contribution in [3.63, 3.8) is 0 Å². The van der Waals surface area contributed by atoms with Crippen LogP contribution in [0.25, 0.3) is 11.0 Å². The molecule has 0 N–H and O–H groups in total. The van der Waals surface area contributed by atoms with Crippen molar-refractivity contribution in [3.8, 4) is 0 Å². The molecule has 5 nitrogen and oxygen atoms in total. The van der Waals surface area contributed by atoms with Gasteiger partial charge in [0, 0.05) is 24.0 Å². The molecule has 1 fully saturated rings. The Morgan fingerprint density at radius 1 is 1.19 bits per heavy atom. The first-order chi connectivity index (χ1) is 9.98.